The van der Waals surface area contributed by atoms with Gasteiger partial charge in [0.15, 0.2) is 6.19 Å². The normalized spacial score (nSPS) is 28.2. The minimum Gasteiger partial charge on any atom is -0.311 e. The van der Waals surface area contributed by atoms with Gasteiger partial charge in [-0.15, -0.1) is 0 Å². The summed E-state index contributed by atoms with van der Waals surface area (Å²) in [4.78, 5) is 1.90. The van der Waals surface area contributed by atoms with Crippen molar-refractivity contribution in [3.05, 3.63) is 0 Å². The van der Waals surface area contributed by atoms with Crippen molar-refractivity contribution >= 4 is 0 Å². The summed E-state index contributed by atoms with van der Waals surface area (Å²) in [6.07, 6.45) is 7.56. The third kappa shape index (κ3) is 1.18. The van der Waals surface area contributed by atoms with Gasteiger partial charge in [-0.05, 0) is 37.0 Å². The lowest BCUT2D eigenvalue weighted by molar-refractivity contribution is 0.00778. The maximum Gasteiger partial charge on any atom is 0.179 e. The van der Waals surface area contributed by atoms with Crippen LogP contribution in [0, 0.1) is 22.8 Å². The second-order valence-electron chi connectivity index (χ2n) is 4.60. The van der Waals surface area contributed by atoms with E-state index in [0.717, 1.165) is 19.0 Å². The predicted octanol–water partition coefficient (Wildman–Crippen LogP) is 1.98. The molecular weight excluding hydrogens is 148 g/mol. The maximum absolute atomic E-state index is 8.68. The summed E-state index contributed by atoms with van der Waals surface area (Å²) >= 11 is 0. The molecule has 2 nitrogen and oxygen atoms in total. The number of nitriles is 1. The summed E-state index contributed by atoms with van der Waals surface area (Å²) in [7, 11) is 0. The first-order valence-corrected chi connectivity index (χ1v) is 4.89. The highest BCUT2D eigenvalue weighted by Gasteiger charge is 2.43. The zero-order valence-electron chi connectivity index (χ0n) is 7.71. The lowest BCUT2D eigenvalue weighted by atomic mass is 9.58. The molecule has 0 bridgehead atoms. The molecule has 1 saturated carbocycles. The molecule has 2 rings (SSSR count). The fourth-order valence-electron chi connectivity index (χ4n) is 2.91. The van der Waals surface area contributed by atoms with Crippen molar-refractivity contribution in [3.63, 3.8) is 0 Å². The molecule has 1 spiro atoms. The first kappa shape index (κ1) is 7.91. The highest BCUT2D eigenvalue weighted by Crippen LogP contribution is 2.52. The van der Waals surface area contributed by atoms with Crippen molar-refractivity contribution in [2.75, 3.05) is 13.1 Å². The summed E-state index contributed by atoms with van der Waals surface area (Å²) < 4.78 is 0. The van der Waals surface area contributed by atoms with Gasteiger partial charge in [0.1, 0.15) is 0 Å². The second-order valence-corrected chi connectivity index (χ2v) is 4.60. The van der Waals surface area contributed by atoms with Crippen molar-refractivity contribution in [3.8, 4) is 6.19 Å². The van der Waals surface area contributed by atoms with Gasteiger partial charge in [-0.3, -0.25) is 0 Å². The van der Waals surface area contributed by atoms with Gasteiger partial charge in [-0.2, -0.15) is 5.26 Å². The van der Waals surface area contributed by atoms with Crippen molar-refractivity contribution in [2.45, 2.75) is 32.6 Å². The van der Waals surface area contributed by atoms with E-state index in [-0.39, 0.29) is 0 Å². The Kier molecular flexibility index (Phi) is 1.75. The molecule has 1 heterocycles. The smallest absolute Gasteiger partial charge is 0.179 e. The lowest BCUT2D eigenvalue weighted by Crippen LogP contribution is -2.45. The first-order valence-electron chi connectivity index (χ1n) is 4.89. The second kappa shape index (κ2) is 2.65. The maximum atomic E-state index is 8.68. The third-order valence-electron chi connectivity index (χ3n) is 3.53. The summed E-state index contributed by atoms with van der Waals surface area (Å²) in [5.74, 6) is 0.943. The minimum absolute atomic E-state index is 0.659. The van der Waals surface area contributed by atoms with E-state index in [9.17, 15) is 0 Å². The zero-order chi connectivity index (χ0) is 8.60. The fraction of sp³-hybridized carbons (Fsp3) is 0.900. The molecule has 0 atom stereocenters. The van der Waals surface area contributed by atoms with Gasteiger partial charge < -0.3 is 4.90 Å². The summed E-state index contributed by atoms with van der Waals surface area (Å²) in [5, 5.41) is 8.68. The van der Waals surface area contributed by atoms with Gasteiger partial charge in [0.05, 0.1) is 0 Å². The van der Waals surface area contributed by atoms with Crippen LogP contribution in [0.4, 0.5) is 0 Å². The molecule has 0 unspecified atom stereocenters. The van der Waals surface area contributed by atoms with Crippen LogP contribution >= 0.6 is 0 Å². The SMILES string of the molecule is CC1CC2(CCN(C#N)CC2)C1. The van der Waals surface area contributed by atoms with E-state index in [1.165, 1.54) is 25.7 Å². The molecule has 0 aromatic heterocycles. The summed E-state index contributed by atoms with van der Waals surface area (Å²) in [6.45, 7) is 4.34. The molecule has 2 fully saturated rings. The molecule has 66 valence electrons. The Balaban J connectivity index is 1.88. The molecule has 0 aromatic carbocycles. The van der Waals surface area contributed by atoms with Crippen LogP contribution in [-0.2, 0) is 0 Å². The third-order valence-corrected chi connectivity index (χ3v) is 3.53. The zero-order valence-corrected chi connectivity index (χ0v) is 7.71. The molecule has 0 aromatic rings. The van der Waals surface area contributed by atoms with E-state index in [0.29, 0.717) is 5.41 Å². The van der Waals surface area contributed by atoms with E-state index < -0.39 is 0 Å². The van der Waals surface area contributed by atoms with Crippen LogP contribution in [0.25, 0.3) is 0 Å². The van der Waals surface area contributed by atoms with Gasteiger partial charge in [0.25, 0.3) is 0 Å². The molecule has 12 heavy (non-hydrogen) atoms. The Bertz CT molecular complexity index is 200. The van der Waals surface area contributed by atoms with E-state index in [1.54, 1.807) is 0 Å². The van der Waals surface area contributed by atoms with Crippen molar-refractivity contribution < 1.29 is 0 Å². The number of nitrogens with zero attached hydrogens (tertiary/aromatic N) is 2. The monoisotopic (exact) mass is 164 g/mol. The average molecular weight is 164 g/mol. The molecule has 1 aliphatic carbocycles. The van der Waals surface area contributed by atoms with Gasteiger partial charge in [0.2, 0.25) is 0 Å². The van der Waals surface area contributed by atoms with Crippen LogP contribution in [0.15, 0.2) is 0 Å². The predicted molar refractivity (Wildman–Crippen MR) is 47.3 cm³/mol. The lowest BCUT2D eigenvalue weighted by Gasteiger charge is -2.50. The average Bonchev–Trinajstić information content (AvgIpc) is 2.04. The molecule has 2 heteroatoms. The van der Waals surface area contributed by atoms with E-state index in [2.05, 4.69) is 13.1 Å². The number of likely N-dealkylation sites (tertiary alicyclic amines) is 1. The summed E-state index contributed by atoms with van der Waals surface area (Å²) in [5.41, 5.74) is 0.659. The van der Waals surface area contributed by atoms with Crippen LogP contribution in [0.5, 0.6) is 0 Å². The standard InChI is InChI=1S/C10H16N2/c1-9-6-10(7-9)2-4-12(8-11)5-3-10/h9H,2-7H2,1H3. The van der Waals surface area contributed by atoms with Crippen LogP contribution in [0.2, 0.25) is 0 Å². The quantitative estimate of drug-likeness (QED) is 0.512. The Hall–Kier alpha value is -0.710. The van der Waals surface area contributed by atoms with Crippen LogP contribution < -0.4 is 0 Å². The van der Waals surface area contributed by atoms with Gasteiger partial charge in [-0.1, -0.05) is 6.92 Å². The molecule has 2 aliphatic rings. The molecule has 0 N–H and O–H groups in total. The Morgan fingerprint density at radius 1 is 1.33 bits per heavy atom. The molecule has 0 amide bonds. The largest absolute Gasteiger partial charge is 0.311 e. The number of hydrogen-bond donors (Lipinski definition) is 0. The molecule has 1 saturated heterocycles. The highest BCUT2D eigenvalue weighted by molar-refractivity contribution is 4.97. The number of rotatable bonds is 0. The molecular formula is C10H16N2. The van der Waals surface area contributed by atoms with Crippen LogP contribution in [-0.4, -0.2) is 18.0 Å². The van der Waals surface area contributed by atoms with Gasteiger partial charge in [-0.25, -0.2) is 0 Å². The Labute approximate surface area is 74.2 Å². The highest BCUT2D eigenvalue weighted by atomic mass is 15.1. The first-order chi connectivity index (χ1) is 5.74. The molecule has 0 radical (unpaired) electrons. The van der Waals surface area contributed by atoms with E-state index >= 15 is 0 Å². The van der Waals surface area contributed by atoms with Crippen molar-refractivity contribution in [1.29, 1.82) is 5.26 Å². The Morgan fingerprint density at radius 3 is 2.33 bits per heavy atom. The van der Waals surface area contributed by atoms with Gasteiger partial charge >= 0.3 is 0 Å². The van der Waals surface area contributed by atoms with Crippen LogP contribution in [0.3, 0.4) is 0 Å². The summed E-state index contributed by atoms with van der Waals surface area (Å²) in [6, 6.07) is 0. The van der Waals surface area contributed by atoms with E-state index in [4.69, 9.17) is 5.26 Å². The van der Waals surface area contributed by atoms with Crippen molar-refractivity contribution in [2.24, 2.45) is 11.3 Å². The molecule has 1 aliphatic heterocycles. The van der Waals surface area contributed by atoms with Crippen LogP contribution in [0.1, 0.15) is 32.6 Å². The number of piperidine rings is 1. The topological polar surface area (TPSA) is 27.0 Å². The van der Waals surface area contributed by atoms with Crippen molar-refractivity contribution in [1.82, 2.24) is 4.90 Å². The minimum atomic E-state index is 0.659. The fourth-order valence-corrected chi connectivity index (χ4v) is 2.91. The van der Waals surface area contributed by atoms with Gasteiger partial charge in [0, 0.05) is 13.1 Å². The number of hydrogen-bond acceptors (Lipinski definition) is 2. The Morgan fingerprint density at radius 2 is 1.92 bits per heavy atom. The van der Waals surface area contributed by atoms with E-state index in [1.807, 2.05) is 4.90 Å².